The van der Waals surface area contributed by atoms with Crippen molar-refractivity contribution in [3.63, 3.8) is 0 Å². The molecule has 1 aliphatic rings. The van der Waals surface area contributed by atoms with E-state index in [9.17, 15) is 29.1 Å². The Bertz CT molecular complexity index is 2090. The second-order valence-corrected chi connectivity index (χ2v) is 16.9. The van der Waals surface area contributed by atoms with Gasteiger partial charge in [-0.3, -0.25) is 24.1 Å². The summed E-state index contributed by atoms with van der Waals surface area (Å²) in [6.45, 7) is 8.97. The van der Waals surface area contributed by atoms with Gasteiger partial charge in [-0.1, -0.05) is 50.2 Å². The maximum atomic E-state index is 13.9. The number of rotatable bonds is 19. The summed E-state index contributed by atoms with van der Waals surface area (Å²) in [5.41, 5.74) is 4.85. The Morgan fingerprint density at radius 3 is 2.03 bits per heavy atom. The summed E-state index contributed by atoms with van der Waals surface area (Å²) in [6.07, 6.45) is 6.90. The quantitative estimate of drug-likeness (QED) is 0.0735. The number of thiophene rings is 1. The van der Waals surface area contributed by atoms with Crippen LogP contribution < -0.4 is 10.6 Å². The first-order chi connectivity index (χ1) is 27.7. The predicted molar refractivity (Wildman–Crippen MR) is 229 cm³/mol. The molecule has 58 heavy (non-hydrogen) atoms. The van der Waals surface area contributed by atoms with E-state index in [2.05, 4.69) is 29.4 Å². The van der Waals surface area contributed by atoms with Gasteiger partial charge in [0.05, 0.1) is 16.5 Å². The number of nitrogens with one attached hydrogen (secondary N) is 2. The fourth-order valence-corrected chi connectivity index (χ4v) is 8.64. The summed E-state index contributed by atoms with van der Waals surface area (Å²) in [5, 5.41) is 25.3. The maximum Gasteiger partial charge on any atom is 0.335 e. The number of carbonyl (C=O) groups excluding carboxylic acids is 3. The Morgan fingerprint density at radius 1 is 0.776 bits per heavy atom. The first kappa shape index (κ1) is 43.8. The molecule has 1 aliphatic carbocycles. The molecule has 0 spiro atoms. The summed E-state index contributed by atoms with van der Waals surface area (Å²) in [4.78, 5) is 68.5. The zero-order valence-corrected chi connectivity index (χ0v) is 35.0. The molecule has 3 aromatic carbocycles. The number of carbonyl (C=O) groups is 5. The van der Waals surface area contributed by atoms with E-state index in [1.165, 1.54) is 11.3 Å². The summed E-state index contributed by atoms with van der Waals surface area (Å²) >= 11 is 1.48. The van der Waals surface area contributed by atoms with E-state index in [-0.39, 0.29) is 35.7 Å². The number of fused-ring (bicyclic) bond motifs is 1. The Morgan fingerprint density at radius 2 is 1.41 bits per heavy atom. The van der Waals surface area contributed by atoms with Gasteiger partial charge in [0.25, 0.3) is 11.8 Å². The largest absolute Gasteiger partial charge is 0.481 e. The number of aryl methyl sites for hydroxylation is 3. The third kappa shape index (κ3) is 11.4. The molecule has 0 atom stereocenters. The molecule has 0 saturated carbocycles. The number of aromatic carboxylic acids is 1. The molecule has 11 nitrogen and oxygen atoms in total. The van der Waals surface area contributed by atoms with Gasteiger partial charge in [0, 0.05) is 55.3 Å². The van der Waals surface area contributed by atoms with Crippen LogP contribution in [0.1, 0.15) is 118 Å². The Hall–Kier alpha value is -5.33. The Labute approximate surface area is 345 Å². The molecule has 0 fully saturated rings. The number of likely N-dealkylation sites (N-methyl/N-ethyl adjacent to an activating group) is 1. The average molecular weight is 809 g/mol. The molecule has 4 N–H and O–H groups in total. The van der Waals surface area contributed by atoms with E-state index in [4.69, 9.17) is 5.11 Å². The van der Waals surface area contributed by atoms with Crippen molar-refractivity contribution in [1.29, 1.82) is 0 Å². The summed E-state index contributed by atoms with van der Waals surface area (Å²) in [7, 11) is 1.71. The number of hydrogen-bond acceptors (Lipinski definition) is 7. The van der Waals surface area contributed by atoms with Crippen LogP contribution in [0.4, 0.5) is 10.7 Å². The molecule has 0 aliphatic heterocycles. The van der Waals surface area contributed by atoms with Crippen molar-refractivity contribution in [2.45, 2.75) is 98.1 Å². The highest BCUT2D eigenvalue weighted by Crippen LogP contribution is 2.39. The van der Waals surface area contributed by atoms with E-state index in [0.29, 0.717) is 41.4 Å². The minimum absolute atomic E-state index is 0.0817. The van der Waals surface area contributed by atoms with Crippen molar-refractivity contribution in [2.24, 2.45) is 5.41 Å². The minimum Gasteiger partial charge on any atom is -0.481 e. The Balaban J connectivity index is 1.25. The lowest BCUT2D eigenvalue weighted by Crippen LogP contribution is -2.42. The molecule has 0 radical (unpaired) electrons. The minimum atomic E-state index is -1.15. The summed E-state index contributed by atoms with van der Waals surface area (Å²) in [5.74, 6) is -2.72. The van der Waals surface area contributed by atoms with E-state index < -0.39 is 17.4 Å². The Kier molecular flexibility index (Phi) is 15.0. The fourth-order valence-electron chi connectivity index (χ4n) is 7.35. The number of aliphatic carboxylic acids is 1. The van der Waals surface area contributed by atoms with Gasteiger partial charge in [0.15, 0.2) is 0 Å². The monoisotopic (exact) mass is 808 g/mol. The molecule has 1 heterocycles. The SMILES string of the molecule is CCC(CC)N(CCN(C)C(=O)CC(C)(C)C(=O)O)Cc1cccc(C(=O)Nc2sc3c(c2C(=O)Nc2ccc(CCc4ccc(C(=O)O)cc4)cc2)CCCC3)c1. The van der Waals surface area contributed by atoms with Crippen LogP contribution in [0.15, 0.2) is 72.8 Å². The third-order valence-electron chi connectivity index (χ3n) is 11.1. The number of hydrogen-bond donors (Lipinski definition) is 4. The second kappa shape index (κ2) is 19.9. The zero-order valence-electron chi connectivity index (χ0n) is 34.2. The van der Waals surface area contributed by atoms with E-state index in [1.54, 1.807) is 44.0 Å². The van der Waals surface area contributed by atoms with Gasteiger partial charge >= 0.3 is 11.9 Å². The molecule has 1 aromatic heterocycles. The molecule has 308 valence electrons. The fraction of sp³-hybridized carbons (Fsp3) is 0.413. The van der Waals surface area contributed by atoms with E-state index in [1.807, 2.05) is 54.6 Å². The van der Waals surface area contributed by atoms with Gasteiger partial charge in [-0.25, -0.2) is 4.79 Å². The van der Waals surface area contributed by atoms with Crippen LogP contribution in [-0.4, -0.2) is 75.9 Å². The lowest BCUT2D eigenvalue weighted by Gasteiger charge is -2.32. The van der Waals surface area contributed by atoms with Crippen LogP contribution in [0.5, 0.6) is 0 Å². The van der Waals surface area contributed by atoms with Gasteiger partial charge in [0.2, 0.25) is 5.91 Å². The molecular formula is C46H56N4O7S. The average Bonchev–Trinajstić information content (AvgIpc) is 3.57. The van der Waals surface area contributed by atoms with Gasteiger partial charge in [-0.2, -0.15) is 0 Å². The first-order valence-corrected chi connectivity index (χ1v) is 21.0. The molecule has 0 bridgehead atoms. The van der Waals surface area contributed by atoms with Gasteiger partial charge in [0.1, 0.15) is 5.00 Å². The molecule has 4 aromatic rings. The summed E-state index contributed by atoms with van der Waals surface area (Å²) in [6, 6.07) is 22.4. The predicted octanol–water partition coefficient (Wildman–Crippen LogP) is 8.56. The van der Waals surface area contributed by atoms with Crippen molar-refractivity contribution < 1.29 is 34.2 Å². The van der Waals surface area contributed by atoms with Crippen molar-refractivity contribution in [3.05, 3.63) is 117 Å². The molecule has 5 rings (SSSR count). The maximum absolute atomic E-state index is 13.9. The van der Waals surface area contributed by atoms with Crippen LogP contribution in [0.2, 0.25) is 0 Å². The van der Waals surface area contributed by atoms with E-state index >= 15 is 0 Å². The van der Waals surface area contributed by atoms with Crippen molar-refractivity contribution in [2.75, 3.05) is 30.8 Å². The summed E-state index contributed by atoms with van der Waals surface area (Å²) < 4.78 is 0. The molecule has 12 heteroatoms. The van der Waals surface area contributed by atoms with Crippen molar-refractivity contribution in [3.8, 4) is 0 Å². The lowest BCUT2D eigenvalue weighted by atomic mass is 9.89. The van der Waals surface area contributed by atoms with Gasteiger partial charge in [-0.15, -0.1) is 11.3 Å². The normalized spacial score (nSPS) is 12.6. The number of amides is 3. The van der Waals surface area contributed by atoms with Gasteiger partial charge in [-0.05, 0) is 124 Å². The van der Waals surface area contributed by atoms with Gasteiger partial charge < -0.3 is 25.7 Å². The number of carboxylic acids is 2. The highest BCUT2D eigenvalue weighted by Gasteiger charge is 2.32. The van der Waals surface area contributed by atoms with Crippen molar-refractivity contribution >= 4 is 51.7 Å². The number of nitrogens with zero attached hydrogens (tertiary/aromatic N) is 2. The first-order valence-electron chi connectivity index (χ1n) is 20.2. The van der Waals surface area contributed by atoms with Crippen LogP contribution in [-0.2, 0) is 41.8 Å². The molecule has 3 amide bonds. The lowest BCUT2D eigenvalue weighted by molar-refractivity contribution is -0.151. The number of benzene rings is 3. The van der Waals surface area contributed by atoms with Crippen molar-refractivity contribution in [1.82, 2.24) is 9.80 Å². The third-order valence-corrected chi connectivity index (χ3v) is 12.3. The highest BCUT2D eigenvalue weighted by molar-refractivity contribution is 7.17. The molecule has 0 unspecified atom stereocenters. The van der Waals surface area contributed by atoms with Crippen LogP contribution in [0.25, 0.3) is 0 Å². The molecule has 0 saturated heterocycles. The second-order valence-electron chi connectivity index (χ2n) is 15.8. The number of carboxylic acid groups (broad SMARTS) is 2. The number of anilines is 2. The standard InChI is InChI=1S/C46H56N4O7S/c1-6-36(7-2)50(26-25-49(5)39(51)28-46(3,4)45(56)57)29-32-11-10-12-34(27-32)41(52)48-43-40(37-13-8-9-14-38(37)58-43)42(53)47-35-23-19-31(20-24-35)16-15-30-17-21-33(22-18-30)44(54)55/h10-12,17-24,27,36H,6-9,13-16,25-26,28-29H2,1-5H3,(H,47,53)(H,48,52)(H,54,55)(H,56,57). The van der Waals surface area contributed by atoms with E-state index in [0.717, 1.165) is 78.5 Å². The highest BCUT2D eigenvalue weighted by atomic mass is 32.1. The van der Waals surface area contributed by atoms with Crippen LogP contribution in [0.3, 0.4) is 0 Å². The molecular weight excluding hydrogens is 753 g/mol. The van der Waals surface area contributed by atoms with Crippen LogP contribution in [0, 0.1) is 5.41 Å². The smallest absolute Gasteiger partial charge is 0.335 e. The zero-order chi connectivity index (χ0) is 42.0. The van der Waals surface area contributed by atoms with Crippen LogP contribution >= 0.6 is 11.3 Å². The topological polar surface area (TPSA) is 156 Å².